The van der Waals surface area contributed by atoms with Crippen LogP contribution in [0.15, 0.2) is 77.8 Å². The summed E-state index contributed by atoms with van der Waals surface area (Å²) >= 11 is 0. The summed E-state index contributed by atoms with van der Waals surface area (Å²) in [6.07, 6.45) is 2.99. The van der Waals surface area contributed by atoms with Gasteiger partial charge in [0.2, 0.25) is 15.9 Å². The minimum Gasteiger partial charge on any atom is -0.309 e. The first-order valence-corrected chi connectivity index (χ1v) is 13.8. The Labute approximate surface area is 218 Å². The van der Waals surface area contributed by atoms with Crippen LogP contribution in [-0.4, -0.2) is 46.5 Å². The van der Waals surface area contributed by atoms with Crippen molar-refractivity contribution in [3.8, 4) is 5.69 Å². The van der Waals surface area contributed by atoms with Gasteiger partial charge < -0.3 is 5.32 Å². The molecule has 0 aliphatic rings. The summed E-state index contributed by atoms with van der Waals surface area (Å²) in [6.45, 7) is 8.03. The van der Waals surface area contributed by atoms with Gasteiger partial charge in [-0.15, -0.1) is 0 Å². The number of nitrogens with one attached hydrogen (secondary N) is 1. The summed E-state index contributed by atoms with van der Waals surface area (Å²) in [7, 11) is -3.98. The highest BCUT2D eigenvalue weighted by atomic mass is 32.2. The molecule has 2 aromatic heterocycles. The highest BCUT2D eigenvalue weighted by Gasteiger charge is 2.29. The van der Waals surface area contributed by atoms with E-state index in [0.717, 1.165) is 23.2 Å². The van der Waals surface area contributed by atoms with E-state index in [-0.39, 0.29) is 23.4 Å². The predicted molar refractivity (Wildman–Crippen MR) is 146 cm³/mol. The Hall–Kier alpha value is -3.56. The van der Waals surface area contributed by atoms with Crippen LogP contribution < -0.4 is 5.32 Å². The highest BCUT2D eigenvalue weighted by Crippen LogP contribution is 2.27. The zero-order chi connectivity index (χ0) is 26.6. The molecule has 0 atom stereocenters. The van der Waals surface area contributed by atoms with Gasteiger partial charge in [0.1, 0.15) is 10.7 Å². The molecule has 0 saturated heterocycles. The van der Waals surface area contributed by atoms with Crippen LogP contribution in [0.3, 0.4) is 0 Å². The number of unbranched alkanes of at least 4 members (excludes halogenated alkanes) is 1. The highest BCUT2D eigenvalue weighted by molar-refractivity contribution is 7.89. The summed E-state index contributed by atoms with van der Waals surface area (Å²) in [6, 6.07) is 20.0. The molecule has 194 valence electrons. The van der Waals surface area contributed by atoms with Crippen LogP contribution >= 0.6 is 0 Å². The van der Waals surface area contributed by atoms with Crippen molar-refractivity contribution in [1.29, 1.82) is 0 Å². The topological polar surface area (TPSA) is 97.2 Å². The van der Waals surface area contributed by atoms with Gasteiger partial charge in [0, 0.05) is 29.6 Å². The largest absolute Gasteiger partial charge is 0.309 e. The molecule has 0 bridgehead atoms. The number of fused-ring (bicyclic) bond motifs is 1. The number of nitrogens with zero attached hydrogens (tertiary/aromatic N) is 4. The number of aromatic nitrogens is 3. The third kappa shape index (κ3) is 5.89. The van der Waals surface area contributed by atoms with Crippen molar-refractivity contribution >= 4 is 32.7 Å². The molecule has 0 saturated carbocycles. The molecule has 4 aromatic rings. The van der Waals surface area contributed by atoms with Crippen molar-refractivity contribution in [1.82, 2.24) is 19.1 Å². The van der Waals surface area contributed by atoms with Gasteiger partial charge in [0.15, 0.2) is 0 Å². The number of amides is 1. The third-order valence-electron chi connectivity index (χ3n) is 6.04. The molecule has 2 heterocycles. The lowest BCUT2D eigenvalue weighted by molar-refractivity contribution is -0.116. The SMILES string of the molecule is CCCCN(CC(=O)Nc1cc(C(C)(C)C)nn1-c1ccccc1)S(=O)(=O)c1cccc2cccnc12. The van der Waals surface area contributed by atoms with Crippen LogP contribution in [0.4, 0.5) is 5.82 Å². The molecule has 4 rings (SSSR count). The molecule has 1 N–H and O–H groups in total. The van der Waals surface area contributed by atoms with Gasteiger partial charge in [0.05, 0.1) is 23.4 Å². The fourth-order valence-corrected chi connectivity index (χ4v) is 5.59. The van der Waals surface area contributed by atoms with E-state index in [1.807, 2.05) is 76.2 Å². The monoisotopic (exact) mass is 519 g/mol. The maximum Gasteiger partial charge on any atom is 0.245 e. The van der Waals surface area contributed by atoms with E-state index in [1.165, 1.54) is 4.31 Å². The number of sulfonamides is 1. The van der Waals surface area contributed by atoms with E-state index in [0.29, 0.717) is 17.8 Å². The van der Waals surface area contributed by atoms with E-state index in [1.54, 1.807) is 29.1 Å². The van der Waals surface area contributed by atoms with Gasteiger partial charge in [-0.1, -0.05) is 70.5 Å². The van der Waals surface area contributed by atoms with Gasteiger partial charge in [-0.05, 0) is 30.7 Å². The molecule has 0 radical (unpaired) electrons. The zero-order valence-corrected chi connectivity index (χ0v) is 22.5. The first-order chi connectivity index (χ1) is 17.6. The summed E-state index contributed by atoms with van der Waals surface area (Å²) < 4.78 is 30.4. The molecule has 0 aliphatic heterocycles. The second kappa shape index (κ2) is 10.8. The first kappa shape index (κ1) is 26.5. The van der Waals surface area contributed by atoms with E-state index in [4.69, 9.17) is 5.10 Å². The molecule has 0 unspecified atom stereocenters. The average molecular weight is 520 g/mol. The molecule has 0 spiro atoms. The molecule has 8 nitrogen and oxygen atoms in total. The minimum atomic E-state index is -3.98. The van der Waals surface area contributed by atoms with Crippen LogP contribution in [0, 0.1) is 0 Å². The fourth-order valence-electron chi connectivity index (χ4n) is 3.99. The quantitative estimate of drug-likeness (QED) is 0.330. The van der Waals surface area contributed by atoms with Gasteiger partial charge in [0.25, 0.3) is 0 Å². The number of para-hydroxylation sites is 2. The Morgan fingerprint density at radius 2 is 1.76 bits per heavy atom. The van der Waals surface area contributed by atoms with E-state index < -0.39 is 15.9 Å². The van der Waals surface area contributed by atoms with Crippen molar-refractivity contribution in [2.24, 2.45) is 0 Å². The van der Waals surface area contributed by atoms with Crippen molar-refractivity contribution in [2.45, 2.75) is 50.8 Å². The predicted octanol–water partition coefficient (Wildman–Crippen LogP) is 5.15. The average Bonchev–Trinajstić information content (AvgIpc) is 3.31. The maximum absolute atomic E-state index is 13.8. The number of anilines is 1. The standard InChI is InChI=1S/C28H33N5O3S/c1-5-6-18-32(37(35,36)23-16-10-12-21-13-11-17-29-27(21)23)20-26(34)30-25-19-24(28(2,3)4)31-33(25)22-14-8-7-9-15-22/h7-17,19H,5-6,18,20H2,1-4H3,(H,30,34). The third-order valence-corrected chi connectivity index (χ3v) is 7.92. The van der Waals surface area contributed by atoms with Crippen LogP contribution in [0.25, 0.3) is 16.6 Å². The first-order valence-electron chi connectivity index (χ1n) is 12.4. The summed E-state index contributed by atoms with van der Waals surface area (Å²) in [5.74, 6) is 0.0474. The Kier molecular flexibility index (Phi) is 7.75. The molecule has 9 heteroatoms. The normalized spacial score (nSPS) is 12.2. The number of hydrogen-bond acceptors (Lipinski definition) is 5. The van der Waals surface area contributed by atoms with Crippen LogP contribution in [0.1, 0.15) is 46.2 Å². The van der Waals surface area contributed by atoms with Gasteiger partial charge in [-0.3, -0.25) is 9.78 Å². The van der Waals surface area contributed by atoms with Gasteiger partial charge in [-0.2, -0.15) is 9.40 Å². The minimum absolute atomic E-state index is 0.0962. The lowest BCUT2D eigenvalue weighted by atomic mass is 9.92. The Morgan fingerprint density at radius 3 is 2.46 bits per heavy atom. The van der Waals surface area contributed by atoms with Gasteiger partial charge >= 0.3 is 0 Å². The smallest absolute Gasteiger partial charge is 0.245 e. The fraction of sp³-hybridized carbons (Fsp3) is 0.321. The second-order valence-electron chi connectivity index (χ2n) is 9.98. The molecular weight excluding hydrogens is 486 g/mol. The Morgan fingerprint density at radius 1 is 1.03 bits per heavy atom. The Balaban J connectivity index is 1.65. The molecule has 0 aliphatic carbocycles. The number of rotatable bonds is 9. The number of benzene rings is 2. The van der Waals surface area contributed by atoms with Gasteiger partial charge in [-0.25, -0.2) is 13.1 Å². The van der Waals surface area contributed by atoms with Crippen LogP contribution in [0.2, 0.25) is 0 Å². The van der Waals surface area contributed by atoms with E-state index >= 15 is 0 Å². The number of carbonyl (C=O) groups is 1. The summed E-state index contributed by atoms with van der Waals surface area (Å²) in [5, 5.41) is 8.36. The maximum atomic E-state index is 13.8. The molecule has 37 heavy (non-hydrogen) atoms. The molecular formula is C28H33N5O3S. The number of carbonyl (C=O) groups excluding carboxylic acids is 1. The van der Waals surface area contributed by atoms with Crippen molar-refractivity contribution in [3.05, 3.63) is 78.6 Å². The van der Waals surface area contributed by atoms with Crippen molar-refractivity contribution in [3.63, 3.8) is 0 Å². The second-order valence-corrected chi connectivity index (χ2v) is 11.9. The number of pyridine rings is 1. The van der Waals surface area contributed by atoms with Crippen molar-refractivity contribution in [2.75, 3.05) is 18.4 Å². The zero-order valence-electron chi connectivity index (χ0n) is 21.7. The Bertz CT molecular complexity index is 1490. The van der Waals surface area contributed by atoms with E-state index in [2.05, 4.69) is 10.3 Å². The number of hydrogen-bond donors (Lipinski definition) is 1. The van der Waals surface area contributed by atoms with E-state index in [9.17, 15) is 13.2 Å². The van der Waals surface area contributed by atoms with Crippen LogP contribution in [0.5, 0.6) is 0 Å². The van der Waals surface area contributed by atoms with Crippen LogP contribution in [-0.2, 0) is 20.2 Å². The lowest BCUT2D eigenvalue weighted by Gasteiger charge is -2.22. The van der Waals surface area contributed by atoms with Crippen molar-refractivity contribution < 1.29 is 13.2 Å². The summed E-state index contributed by atoms with van der Waals surface area (Å²) in [5.41, 5.74) is 1.76. The molecule has 2 aromatic carbocycles. The lowest BCUT2D eigenvalue weighted by Crippen LogP contribution is -2.39. The summed E-state index contributed by atoms with van der Waals surface area (Å²) in [4.78, 5) is 17.7. The molecule has 0 fully saturated rings. The molecule has 1 amide bonds.